The number of hydrogen-bond donors (Lipinski definition) is 3. The molecule has 0 bridgehead atoms. The maximum atomic E-state index is 13.0. The zero-order valence-electron chi connectivity index (χ0n) is 8.46. The second kappa shape index (κ2) is 4.74. The third-order valence-electron chi connectivity index (χ3n) is 2.09. The number of rotatable bonds is 4. The van der Waals surface area contributed by atoms with Crippen LogP contribution < -0.4 is 5.73 Å². The van der Waals surface area contributed by atoms with Crippen LogP contribution in [0.15, 0.2) is 12.1 Å². The first-order chi connectivity index (χ1) is 7.82. The van der Waals surface area contributed by atoms with E-state index < -0.39 is 40.6 Å². The van der Waals surface area contributed by atoms with Crippen LogP contribution in [-0.2, 0) is 11.2 Å². The van der Waals surface area contributed by atoms with Crippen molar-refractivity contribution in [3.63, 3.8) is 0 Å². The molecule has 92 valence electrons. The van der Waals surface area contributed by atoms with Crippen LogP contribution in [0.3, 0.4) is 0 Å². The lowest BCUT2D eigenvalue weighted by Crippen LogP contribution is -2.32. The maximum Gasteiger partial charge on any atom is 0.320 e. The van der Waals surface area contributed by atoms with Gasteiger partial charge in [0.2, 0.25) is 0 Å². The van der Waals surface area contributed by atoms with Gasteiger partial charge in [-0.2, -0.15) is 0 Å². The number of phenolic OH excluding ortho intramolecular Hbond substituents is 1. The summed E-state index contributed by atoms with van der Waals surface area (Å²) in [5.74, 6) is -3.06. The number of carboxylic acids is 1. The molecule has 17 heavy (non-hydrogen) atoms. The zero-order valence-corrected chi connectivity index (χ0v) is 8.46. The van der Waals surface area contributed by atoms with Crippen LogP contribution in [0.1, 0.15) is 5.56 Å². The van der Waals surface area contributed by atoms with E-state index in [9.17, 15) is 24.4 Å². The number of nitro benzene ring substituents is 1. The van der Waals surface area contributed by atoms with E-state index in [-0.39, 0.29) is 5.56 Å². The van der Waals surface area contributed by atoms with Crippen LogP contribution in [0.5, 0.6) is 5.75 Å². The Bertz CT molecular complexity index is 477. The highest BCUT2D eigenvalue weighted by atomic mass is 19.1. The Morgan fingerprint density at radius 2 is 2.18 bits per heavy atom. The van der Waals surface area contributed by atoms with E-state index in [1.165, 1.54) is 0 Å². The number of nitrogens with two attached hydrogens (primary N) is 1. The van der Waals surface area contributed by atoms with Crippen molar-refractivity contribution < 1.29 is 24.3 Å². The van der Waals surface area contributed by atoms with Crippen LogP contribution in [0.2, 0.25) is 0 Å². The van der Waals surface area contributed by atoms with Crippen LogP contribution in [0.4, 0.5) is 10.1 Å². The number of aliphatic carboxylic acids is 1. The molecule has 1 unspecified atom stereocenters. The molecule has 0 aliphatic carbocycles. The fourth-order valence-corrected chi connectivity index (χ4v) is 1.26. The first kappa shape index (κ1) is 12.8. The number of carbonyl (C=O) groups is 1. The summed E-state index contributed by atoms with van der Waals surface area (Å²) in [4.78, 5) is 20.0. The van der Waals surface area contributed by atoms with Crippen LogP contribution >= 0.6 is 0 Å². The van der Waals surface area contributed by atoms with Crippen molar-refractivity contribution in [2.45, 2.75) is 12.5 Å². The van der Waals surface area contributed by atoms with Gasteiger partial charge in [0.15, 0.2) is 5.75 Å². The molecule has 0 saturated heterocycles. The molecule has 0 radical (unpaired) electrons. The normalized spacial score (nSPS) is 12.1. The summed E-state index contributed by atoms with van der Waals surface area (Å²) >= 11 is 0. The van der Waals surface area contributed by atoms with Gasteiger partial charge in [-0.3, -0.25) is 14.9 Å². The number of benzene rings is 1. The molecular formula is C9H9FN2O5. The number of hydrogen-bond acceptors (Lipinski definition) is 5. The average molecular weight is 244 g/mol. The van der Waals surface area contributed by atoms with Gasteiger partial charge < -0.3 is 15.9 Å². The Morgan fingerprint density at radius 3 is 2.65 bits per heavy atom. The van der Waals surface area contributed by atoms with Crippen molar-refractivity contribution in [3.8, 4) is 5.75 Å². The minimum Gasteiger partial charge on any atom is -0.502 e. The van der Waals surface area contributed by atoms with E-state index in [1.54, 1.807) is 0 Å². The molecule has 0 amide bonds. The Morgan fingerprint density at radius 1 is 1.59 bits per heavy atom. The van der Waals surface area contributed by atoms with Crippen LogP contribution in [0, 0.1) is 15.9 Å². The SMILES string of the molecule is NC(Cc1cc(F)cc([N+](=O)[O-])c1O)C(=O)O. The Hall–Kier alpha value is -2.22. The first-order valence-corrected chi connectivity index (χ1v) is 4.47. The van der Waals surface area contributed by atoms with E-state index in [4.69, 9.17) is 10.8 Å². The van der Waals surface area contributed by atoms with Crippen molar-refractivity contribution in [2.24, 2.45) is 5.73 Å². The highest BCUT2D eigenvalue weighted by molar-refractivity contribution is 5.74. The molecule has 1 atom stereocenters. The number of aromatic hydroxyl groups is 1. The van der Waals surface area contributed by atoms with Crippen molar-refractivity contribution in [3.05, 3.63) is 33.6 Å². The fourth-order valence-electron chi connectivity index (χ4n) is 1.26. The average Bonchev–Trinajstić information content (AvgIpc) is 2.22. The molecule has 1 aromatic carbocycles. The monoisotopic (exact) mass is 244 g/mol. The van der Waals surface area contributed by atoms with Gasteiger partial charge in [0.05, 0.1) is 11.0 Å². The zero-order chi connectivity index (χ0) is 13.2. The van der Waals surface area contributed by atoms with Crippen LogP contribution in [-0.4, -0.2) is 27.1 Å². The van der Waals surface area contributed by atoms with Gasteiger partial charge in [0, 0.05) is 12.0 Å². The molecule has 0 spiro atoms. The van der Waals surface area contributed by atoms with Gasteiger partial charge >= 0.3 is 11.7 Å². The van der Waals surface area contributed by atoms with Crippen molar-refractivity contribution in [2.75, 3.05) is 0 Å². The summed E-state index contributed by atoms with van der Waals surface area (Å²) in [6.07, 6.45) is -0.403. The second-order valence-electron chi connectivity index (χ2n) is 3.34. The van der Waals surface area contributed by atoms with Crippen molar-refractivity contribution in [1.29, 1.82) is 0 Å². The molecule has 0 saturated carbocycles. The largest absolute Gasteiger partial charge is 0.502 e. The summed E-state index contributed by atoms with van der Waals surface area (Å²) in [6, 6.07) is -0.0155. The lowest BCUT2D eigenvalue weighted by Gasteiger charge is -2.08. The fraction of sp³-hybridized carbons (Fsp3) is 0.222. The first-order valence-electron chi connectivity index (χ1n) is 4.47. The van der Waals surface area contributed by atoms with Gasteiger partial charge in [-0.15, -0.1) is 0 Å². The number of halogens is 1. The van der Waals surface area contributed by atoms with Gasteiger partial charge in [-0.25, -0.2) is 4.39 Å². The minimum absolute atomic E-state index is 0.216. The molecular weight excluding hydrogens is 235 g/mol. The summed E-state index contributed by atoms with van der Waals surface area (Å²) in [5.41, 5.74) is 4.15. The topological polar surface area (TPSA) is 127 Å². The molecule has 0 aliphatic rings. The molecule has 8 heteroatoms. The molecule has 0 aromatic heterocycles. The molecule has 1 rings (SSSR count). The summed E-state index contributed by atoms with van der Waals surface area (Å²) in [6.45, 7) is 0. The summed E-state index contributed by atoms with van der Waals surface area (Å²) in [5, 5.41) is 28.5. The third kappa shape index (κ3) is 2.88. The Kier molecular flexibility index (Phi) is 3.59. The third-order valence-corrected chi connectivity index (χ3v) is 2.09. The second-order valence-corrected chi connectivity index (χ2v) is 3.34. The van der Waals surface area contributed by atoms with Gasteiger partial charge in [0.25, 0.3) is 0 Å². The predicted octanol–water partition coefficient (Wildman–Crippen LogP) is 0.394. The maximum absolute atomic E-state index is 13.0. The van der Waals surface area contributed by atoms with E-state index in [1.807, 2.05) is 0 Å². The lowest BCUT2D eigenvalue weighted by atomic mass is 10.0. The van der Waals surface area contributed by atoms with Crippen molar-refractivity contribution in [1.82, 2.24) is 0 Å². The minimum atomic E-state index is -1.37. The smallest absolute Gasteiger partial charge is 0.320 e. The Balaban J connectivity index is 3.16. The lowest BCUT2D eigenvalue weighted by molar-refractivity contribution is -0.386. The molecule has 0 fully saturated rings. The standard InChI is InChI=1S/C9H9FN2O5/c10-5-1-4(2-6(11)9(14)15)8(13)7(3-5)12(16)17/h1,3,6,13H,2,11H2,(H,14,15). The van der Waals surface area contributed by atoms with E-state index in [0.717, 1.165) is 6.07 Å². The number of nitrogens with zero attached hydrogens (tertiary/aromatic N) is 1. The molecule has 1 aromatic rings. The summed E-state index contributed by atoms with van der Waals surface area (Å²) < 4.78 is 13.0. The highest BCUT2D eigenvalue weighted by Gasteiger charge is 2.22. The van der Waals surface area contributed by atoms with Crippen molar-refractivity contribution >= 4 is 11.7 Å². The van der Waals surface area contributed by atoms with Crippen LogP contribution in [0.25, 0.3) is 0 Å². The number of phenols is 1. The van der Waals surface area contributed by atoms with E-state index in [0.29, 0.717) is 6.07 Å². The summed E-state index contributed by atoms with van der Waals surface area (Å²) in [7, 11) is 0. The number of nitro groups is 1. The van der Waals surface area contributed by atoms with Gasteiger partial charge in [-0.1, -0.05) is 0 Å². The van der Waals surface area contributed by atoms with Gasteiger partial charge in [-0.05, 0) is 6.07 Å². The quantitative estimate of drug-likeness (QED) is 0.519. The molecule has 0 heterocycles. The highest BCUT2D eigenvalue weighted by Crippen LogP contribution is 2.31. The van der Waals surface area contributed by atoms with E-state index >= 15 is 0 Å². The predicted molar refractivity (Wildman–Crippen MR) is 54.0 cm³/mol. The van der Waals surface area contributed by atoms with Gasteiger partial charge in [0.1, 0.15) is 11.9 Å². The van der Waals surface area contributed by atoms with E-state index in [2.05, 4.69) is 0 Å². The molecule has 0 aliphatic heterocycles. The molecule has 7 nitrogen and oxygen atoms in total. The molecule has 4 N–H and O–H groups in total. The number of carboxylic acid groups (broad SMARTS) is 1. The Labute approximate surface area is 94.4 Å².